The minimum Gasteiger partial charge on any atom is -0.492 e. The van der Waals surface area contributed by atoms with Crippen molar-refractivity contribution in [2.45, 2.75) is 12.8 Å². The normalized spacial score (nSPS) is 10.1. The quantitative estimate of drug-likeness (QED) is 0.597. The summed E-state index contributed by atoms with van der Waals surface area (Å²) in [7, 11) is 0. The highest BCUT2D eigenvalue weighted by Gasteiger charge is 2.02. The predicted molar refractivity (Wildman–Crippen MR) is 62.1 cm³/mol. The Morgan fingerprint density at radius 1 is 1.33 bits per heavy atom. The molecule has 1 aromatic rings. The molecule has 0 unspecified atom stereocenters. The van der Waals surface area contributed by atoms with Crippen molar-refractivity contribution in [3.8, 4) is 5.75 Å². The van der Waals surface area contributed by atoms with Gasteiger partial charge in [-0.05, 0) is 36.2 Å². The molecule has 0 aromatic heterocycles. The lowest BCUT2D eigenvalue weighted by Crippen LogP contribution is -1.99. The molecule has 5 heteroatoms. The zero-order valence-electron chi connectivity index (χ0n) is 7.80. The van der Waals surface area contributed by atoms with Crippen LogP contribution in [0.3, 0.4) is 0 Å². The molecule has 0 amide bonds. The number of rotatable bonds is 5. The summed E-state index contributed by atoms with van der Waals surface area (Å²) in [5.41, 5.74) is 0. The van der Waals surface area contributed by atoms with Gasteiger partial charge in [0.15, 0.2) is 0 Å². The molecular weight excluding hydrogens is 258 g/mol. The van der Waals surface area contributed by atoms with E-state index in [1.165, 1.54) is 0 Å². The van der Waals surface area contributed by atoms with Gasteiger partial charge in [0.2, 0.25) is 5.24 Å². The van der Waals surface area contributed by atoms with E-state index in [-0.39, 0.29) is 5.24 Å². The average Bonchev–Trinajstić information content (AvgIpc) is 2.14. The minimum atomic E-state index is -0.360. The lowest BCUT2D eigenvalue weighted by Gasteiger charge is -2.06. The zero-order valence-corrected chi connectivity index (χ0v) is 10.1. The Morgan fingerprint density at radius 2 is 2.07 bits per heavy atom. The van der Waals surface area contributed by atoms with Crippen LogP contribution >= 0.6 is 34.8 Å². The van der Waals surface area contributed by atoms with Crippen LogP contribution in [0.15, 0.2) is 18.2 Å². The van der Waals surface area contributed by atoms with E-state index in [0.29, 0.717) is 35.2 Å². The molecule has 0 N–H and O–H groups in total. The van der Waals surface area contributed by atoms with Crippen molar-refractivity contribution >= 4 is 40.0 Å². The highest BCUT2D eigenvalue weighted by Crippen LogP contribution is 2.27. The number of carbonyl (C=O) groups is 1. The summed E-state index contributed by atoms with van der Waals surface area (Å²) < 4.78 is 5.34. The van der Waals surface area contributed by atoms with Crippen LogP contribution in [0.1, 0.15) is 12.8 Å². The number of hydrogen-bond donors (Lipinski definition) is 0. The van der Waals surface area contributed by atoms with Crippen LogP contribution in [-0.4, -0.2) is 11.8 Å². The van der Waals surface area contributed by atoms with Gasteiger partial charge in [-0.3, -0.25) is 4.79 Å². The van der Waals surface area contributed by atoms with E-state index in [0.717, 1.165) is 0 Å². The molecule has 0 heterocycles. The number of hydrogen-bond acceptors (Lipinski definition) is 2. The maximum Gasteiger partial charge on any atom is 0.221 e. The van der Waals surface area contributed by atoms with Crippen molar-refractivity contribution in [2.75, 3.05) is 6.61 Å². The first-order valence-corrected chi connectivity index (χ1v) is 5.49. The van der Waals surface area contributed by atoms with Crippen LogP contribution in [0.4, 0.5) is 0 Å². The SMILES string of the molecule is O=C(Cl)CCCOc1ccc(Cl)cc1Cl. The lowest BCUT2D eigenvalue weighted by atomic mass is 10.3. The number of carbonyl (C=O) groups excluding carboxylic acids is 1. The van der Waals surface area contributed by atoms with Gasteiger partial charge in [-0.25, -0.2) is 0 Å². The Bertz CT molecular complexity index is 353. The predicted octanol–water partition coefficient (Wildman–Crippen LogP) is 3.92. The topological polar surface area (TPSA) is 26.3 Å². The third-order valence-corrected chi connectivity index (χ3v) is 2.39. The summed E-state index contributed by atoms with van der Waals surface area (Å²) >= 11 is 16.8. The van der Waals surface area contributed by atoms with Gasteiger partial charge in [-0.2, -0.15) is 0 Å². The van der Waals surface area contributed by atoms with Crippen molar-refractivity contribution in [2.24, 2.45) is 0 Å². The molecule has 0 saturated carbocycles. The van der Waals surface area contributed by atoms with E-state index >= 15 is 0 Å². The maximum absolute atomic E-state index is 10.4. The van der Waals surface area contributed by atoms with Gasteiger partial charge in [-0.15, -0.1) is 0 Å². The molecule has 0 radical (unpaired) electrons. The Kier molecular flexibility index (Phi) is 5.23. The Morgan fingerprint density at radius 3 is 2.67 bits per heavy atom. The van der Waals surface area contributed by atoms with Gasteiger partial charge < -0.3 is 4.74 Å². The molecule has 1 rings (SSSR count). The van der Waals surface area contributed by atoms with Crippen LogP contribution in [0.25, 0.3) is 0 Å². The lowest BCUT2D eigenvalue weighted by molar-refractivity contribution is -0.111. The first-order valence-electron chi connectivity index (χ1n) is 4.36. The van der Waals surface area contributed by atoms with Gasteiger partial charge in [0.25, 0.3) is 0 Å². The molecule has 0 bridgehead atoms. The molecule has 0 aliphatic carbocycles. The highest BCUT2D eigenvalue weighted by molar-refractivity contribution is 6.63. The van der Waals surface area contributed by atoms with E-state index in [1.807, 2.05) is 0 Å². The van der Waals surface area contributed by atoms with E-state index in [1.54, 1.807) is 18.2 Å². The number of ether oxygens (including phenoxy) is 1. The standard InChI is InChI=1S/C10H9Cl3O2/c11-7-3-4-9(8(12)6-7)15-5-1-2-10(13)14/h3-4,6H,1-2,5H2. The van der Waals surface area contributed by atoms with Crippen molar-refractivity contribution in [3.63, 3.8) is 0 Å². The Hall–Kier alpha value is -0.440. The molecule has 0 atom stereocenters. The maximum atomic E-state index is 10.4. The summed E-state index contributed by atoms with van der Waals surface area (Å²) in [6.45, 7) is 0.403. The largest absolute Gasteiger partial charge is 0.492 e. The van der Waals surface area contributed by atoms with E-state index in [9.17, 15) is 4.79 Å². The van der Waals surface area contributed by atoms with Crippen LogP contribution in [-0.2, 0) is 4.79 Å². The average molecular weight is 268 g/mol. The Balaban J connectivity index is 2.40. The van der Waals surface area contributed by atoms with Crippen LogP contribution in [0.2, 0.25) is 10.0 Å². The van der Waals surface area contributed by atoms with Gasteiger partial charge >= 0.3 is 0 Å². The molecule has 2 nitrogen and oxygen atoms in total. The summed E-state index contributed by atoms with van der Waals surface area (Å²) in [4.78, 5) is 10.4. The fraction of sp³-hybridized carbons (Fsp3) is 0.300. The fourth-order valence-corrected chi connectivity index (χ4v) is 1.58. The smallest absolute Gasteiger partial charge is 0.221 e. The van der Waals surface area contributed by atoms with Crippen molar-refractivity contribution < 1.29 is 9.53 Å². The monoisotopic (exact) mass is 266 g/mol. The second kappa shape index (κ2) is 6.21. The molecule has 15 heavy (non-hydrogen) atoms. The minimum absolute atomic E-state index is 0.298. The van der Waals surface area contributed by atoms with Crippen LogP contribution in [0, 0.1) is 0 Å². The molecule has 0 spiro atoms. The summed E-state index contributed by atoms with van der Waals surface area (Å²) in [5.74, 6) is 0.558. The fourth-order valence-electron chi connectivity index (χ4n) is 0.986. The first kappa shape index (κ1) is 12.6. The van der Waals surface area contributed by atoms with E-state index in [2.05, 4.69) is 0 Å². The molecule has 0 saturated heterocycles. The van der Waals surface area contributed by atoms with Crippen LogP contribution < -0.4 is 4.74 Å². The number of benzene rings is 1. The molecule has 82 valence electrons. The summed E-state index contributed by atoms with van der Waals surface area (Å²) in [6, 6.07) is 4.98. The molecule has 1 aromatic carbocycles. The van der Waals surface area contributed by atoms with Crippen molar-refractivity contribution in [1.82, 2.24) is 0 Å². The van der Waals surface area contributed by atoms with Gasteiger partial charge in [0, 0.05) is 11.4 Å². The molecule has 0 aliphatic rings. The van der Waals surface area contributed by atoms with E-state index < -0.39 is 0 Å². The third-order valence-electron chi connectivity index (χ3n) is 1.67. The van der Waals surface area contributed by atoms with E-state index in [4.69, 9.17) is 39.5 Å². The van der Waals surface area contributed by atoms with Gasteiger partial charge in [0.1, 0.15) is 5.75 Å². The zero-order chi connectivity index (χ0) is 11.3. The Labute approximate surface area is 103 Å². The molecular formula is C10H9Cl3O2. The van der Waals surface area contributed by atoms with Gasteiger partial charge in [0.05, 0.1) is 11.6 Å². The molecule has 0 fully saturated rings. The highest BCUT2D eigenvalue weighted by atomic mass is 35.5. The number of halogens is 3. The third kappa shape index (κ3) is 4.74. The van der Waals surface area contributed by atoms with Gasteiger partial charge in [-0.1, -0.05) is 23.2 Å². The summed E-state index contributed by atoms with van der Waals surface area (Å²) in [6.07, 6.45) is 0.869. The summed E-state index contributed by atoms with van der Waals surface area (Å²) in [5, 5.41) is 0.656. The molecule has 0 aliphatic heterocycles. The van der Waals surface area contributed by atoms with Crippen molar-refractivity contribution in [3.05, 3.63) is 28.2 Å². The van der Waals surface area contributed by atoms with Crippen LogP contribution in [0.5, 0.6) is 5.75 Å². The second-order valence-electron chi connectivity index (χ2n) is 2.88. The second-order valence-corrected chi connectivity index (χ2v) is 4.15. The van der Waals surface area contributed by atoms with Crippen molar-refractivity contribution in [1.29, 1.82) is 0 Å². The first-order chi connectivity index (χ1) is 7.09.